The van der Waals surface area contributed by atoms with Gasteiger partial charge in [-0.2, -0.15) is 0 Å². The molecule has 0 aromatic carbocycles. The van der Waals surface area contributed by atoms with Crippen LogP contribution in [0.2, 0.25) is 0 Å². The molecule has 0 unspecified atom stereocenters. The van der Waals surface area contributed by atoms with E-state index in [2.05, 4.69) is 30.3 Å². The Balaban J connectivity index is 1.71. The summed E-state index contributed by atoms with van der Waals surface area (Å²) in [5, 5.41) is 13.5. The summed E-state index contributed by atoms with van der Waals surface area (Å²) in [4.78, 5) is 19.6. The maximum Gasteiger partial charge on any atom is 0.261 e. The topological polar surface area (TPSA) is 95.3 Å². The molecule has 1 aliphatic heterocycles. The molecule has 3 aromatic heterocycles. The zero-order chi connectivity index (χ0) is 18.6. The van der Waals surface area contributed by atoms with E-state index in [0.29, 0.717) is 37.0 Å². The van der Waals surface area contributed by atoms with Gasteiger partial charge in [-0.3, -0.25) is 4.98 Å². The van der Waals surface area contributed by atoms with E-state index in [1.165, 1.54) is 11.3 Å². The summed E-state index contributed by atoms with van der Waals surface area (Å²) in [6.07, 6.45) is 5.04. The largest absolute Gasteiger partial charge is 0.475 e. The summed E-state index contributed by atoms with van der Waals surface area (Å²) < 4.78 is 5.56. The molecule has 4 rings (SSSR count). The van der Waals surface area contributed by atoms with E-state index >= 15 is 0 Å². The zero-order valence-electron chi connectivity index (χ0n) is 15.0. The van der Waals surface area contributed by atoms with Crippen LogP contribution in [0, 0.1) is 6.92 Å². The lowest BCUT2D eigenvalue weighted by Crippen LogP contribution is -2.20. The molecule has 3 aromatic rings. The van der Waals surface area contributed by atoms with Gasteiger partial charge in [0.15, 0.2) is 11.5 Å². The van der Waals surface area contributed by atoms with E-state index in [1.54, 1.807) is 12.4 Å². The van der Waals surface area contributed by atoms with Gasteiger partial charge in [0.1, 0.15) is 17.3 Å². The van der Waals surface area contributed by atoms with E-state index in [-0.39, 0.29) is 0 Å². The van der Waals surface area contributed by atoms with Crippen LogP contribution < -0.4 is 4.74 Å². The second-order valence-corrected chi connectivity index (χ2v) is 6.93. The summed E-state index contributed by atoms with van der Waals surface area (Å²) in [6, 6.07) is 3.86. The van der Waals surface area contributed by atoms with Crippen LogP contribution >= 0.6 is 11.3 Å². The number of rotatable bonds is 5. The number of aromatic nitrogens is 5. The molecular weight excluding hydrogens is 364 g/mol. The molecule has 0 aliphatic carbocycles. The summed E-state index contributed by atoms with van der Waals surface area (Å²) in [5.74, 6) is 0.895. The Bertz CT molecular complexity index is 973. The van der Waals surface area contributed by atoms with E-state index in [9.17, 15) is 0 Å². The lowest BCUT2D eigenvalue weighted by Gasteiger charge is -2.16. The molecule has 8 nitrogen and oxygen atoms in total. The van der Waals surface area contributed by atoms with E-state index < -0.39 is 0 Å². The first-order chi connectivity index (χ1) is 13.3. The first kappa shape index (κ1) is 17.5. The number of aryl methyl sites for hydroxylation is 1. The molecule has 138 valence electrons. The fourth-order valence-electron chi connectivity index (χ4n) is 2.58. The molecule has 0 saturated heterocycles. The number of pyridine rings is 1. The van der Waals surface area contributed by atoms with Crippen molar-refractivity contribution in [3.8, 4) is 27.2 Å². The van der Waals surface area contributed by atoms with Crippen molar-refractivity contribution in [3.05, 3.63) is 35.9 Å². The van der Waals surface area contributed by atoms with Crippen molar-refractivity contribution in [2.75, 3.05) is 13.2 Å². The Labute approximate surface area is 160 Å². The molecule has 0 spiro atoms. The average Bonchev–Trinajstić information content (AvgIpc) is 3.10. The summed E-state index contributed by atoms with van der Waals surface area (Å²) in [6.45, 7) is 5.02. The van der Waals surface area contributed by atoms with Crippen LogP contribution in [-0.2, 0) is 4.84 Å². The van der Waals surface area contributed by atoms with Crippen molar-refractivity contribution in [3.63, 3.8) is 0 Å². The maximum absolute atomic E-state index is 5.56. The standard InChI is InChI=1S/C18H18N6O2S/c1-3-8-26-24-13-6-9-25-17-14(13)21-16(22-23-17)15-11(2)20-18(27-15)12-5-4-7-19-10-12/h4-5,7,10H,3,6,8-9H2,1-2H3/b24-13+. The molecule has 0 bridgehead atoms. The lowest BCUT2D eigenvalue weighted by molar-refractivity contribution is 0.143. The van der Waals surface area contributed by atoms with Crippen LogP contribution in [0.5, 0.6) is 5.88 Å². The molecule has 9 heteroatoms. The number of thiazole rings is 1. The van der Waals surface area contributed by atoms with Gasteiger partial charge in [0, 0.05) is 24.4 Å². The minimum atomic E-state index is 0.387. The minimum Gasteiger partial charge on any atom is -0.475 e. The number of hydrogen-bond donors (Lipinski definition) is 0. The van der Waals surface area contributed by atoms with Crippen molar-refractivity contribution in [2.45, 2.75) is 26.7 Å². The van der Waals surface area contributed by atoms with Crippen LogP contribution in [0.3, 0.4) is 0 Å². The SMILES string of the molecule is CCCO/N=C1\CCOc2nnc(-c3sc(-c4cccnc4)nc3C)nc21. The molecule has 27 heavy (non-hydrogen) atoms. The van der Waals surface area contributed by atoms with Gasteiger partial charge in [0.05, 0.1) is 17.2 Å². The molecule has 0 radical (unpaired) electrons. The van der Waals surface area contributed by atoms with Crippen molar-refractivity contribution < 1.29 is 9.57 Å². The van der Waals surface area contributed by atoms with Crippen molar-refractivity contribution >= 4 is 17.0 Å². The fourth-order valence-corrected chi connectivity index (χ4v) is 3.57. The summed E-state index contributed by atoms with van der Waals surface area (Å²) in [7, 11) is 0. The van der Waals surface area contributed by atoms with Crippen LogP contribution in [-0.4, -0.2) is 44.1 Å². The maximum atomic E-state index is 5.56. The number of ether oxygens (including phenoxy) is 1. The predicted molar refractivity (Wildman–Crippen MR) is 102 cm³/mol. The van der Waals surface area contributed by atoms with Crippen molar-refractivity contribution in [1.29, 1.82) is 0 Å². The highest BCUT2D eigenvalue weighted by Crippen LogP contribution is 2.34. The minimum absolute atomic E-state index is 0.387. The van der Waals surface area contributed by atoms with Crippen LogP contribution in [0.15, 0.2) is 29.7 Å². The van der Waals surface area contributed by atoms with Gasteiger partial charge in [-0.25, -0.2) is 9.97 Å². The zero-order valence-corrected chi connectivity index (χ0v) is 15.9. The monoisotopic (exact) mass is 382 g/mol. The third kappa shape index (κ3) is 3.63. The number of hydrogen-bond acceptors (Lipinski definition) is 9. The van der Waals surface area contributed by atoms with Gasteiger partial charge in [-0.05, 0) is 25.5 Å². The van der Waals surface area contributed by atoms with Gasteiger partial charge in [0.25, 0.3) is 5.88 Å². The summed E-state index contributed by atoms with van der Waals surface area (Å²) in [5.41, 5.74) is 3.12. The predicted octanol–water partition coefficient (Wildman–Crippen LogP) is 3.28. The molecule has 1 aliphatic rings. The average molecular weight is 382 g/mol. The van der Waals surface area contributed by atoms with Gasteiger partial charge < -0.3 is 9.57 Å². The summed E-state index contributed by atoms with van der Waals surface area (Å²) >= 11 is 1.51. The van der Waals surface area contributed by atoms with E-state index in [0.717, 1.165) is 33.3 Å². The van der Waals surface area contributed by atoms with Gasteiger partial charge >= 0.3 is 0 Å². The Hall–Kier alpha value is -2.94. The molecule has 0 amide bonds. The molecule has 0 saturated carbocycles. The molecule has 4 heterocycles. The van der Waals surface area contributed by atoms with Crippen molar-refractivity contribution in [2.24, 2.45) is 5.16 Å². The van der Waals surface area contributed by atoms with Gasteiger partial charge in [-0.15, -0.1) is 21.5 Å². The Morgan fingerprint density at radius 3 is 3.04 bits per heavy atom. The van der Waals surface area contributed by atoms with Gasteiger partial charge in [-0.1, -0.05) is 12.1 Å². The van der Waals surface area contributed by atoms with E-state index in [4.69, 9.17) is 9.57 Å². The smallest absolute Gasteiger partial charge is 0.261 e. The van der Waals surface area contributed by atoms with Crippen LogP contribution in [0.25, 0.3) is 21.3 Å². The number of fused-ring (bicyclic) bond motifs is 1. The third-order valence-corrected chi connectivity index (χ3v) is 5.09. The van der Waals surface area contributed by atoms with Crippen LogP contribution in [0.4, 0.5) is 0 Å². The lowest BCUT2D eigenvalue weighted by atomic mass is 10.2. The second-order valence-electron chi connectivity index (χ2n) is 5.93. The normalized spacial score (nSPS) is 14.7. The Morgan fingerprint density at radius 1 is 1.30 bits per heavy atom. The first-order valence-electron chi connectivity index (χ1n) is 8.71. The van der Waals surface area contributed by atoms with Gasteiger partial charge in [0.2, 0.25) is 0 Å². The highest BCUT2D eigenvalue weighted by Gasteiger charge is 2.24. The third-order valence-electron chi connectivity index (χ3n) is 3.89. The highest BCUT2D eigenvalue weighted by atomic mass is 32.1. The molecule has 0 atom stereocenters. The first-order valence-corrected chi connectivity index (χ1v) is 9.53. The highest BCUT2D eigenvalue weighted by molar-refractivity contribution is 7.18. The Morgan fingerprint density at radius 2 is 2.22 bits per heavy atom. The van der Waals surface area contributed by atoms with Crippen molar-refractivity contribution in [1.82, 2.24) is 25.1 Å². The molecular formula is C18H18N6O2S. The Kier molecular flexibility index (Phi) is 5.01. The fraction of sp³-hybridized carbons (Fsp3) is 0.333. The quantitative estimate of drug-likeness (QED) is 0.493. The van der Waals surface area contributed by atoms with E-state index in [1.807, 2.05) is 26.0 Å². The number of oxime groups is 1. The second kappa shape index (κ2) is 7.75. The number of nitrogens with zero attached hydrogens (tertiary/aromatic N) is 6. The molecule has 0 N–H and O–H groups in total. The molecule has 0 fully saturated rings. The van der Waals surface area contributed by atoms with Crippen LogP contribution in [0.1, 0.15) is 31.2 Å².